The Bertz CT molecular complexity index is 361. The van der Waals surface area contributed by atoms with E-state index < -0.39 is 0 Å². The predicted molar refractivity (Wildman–Crippen MR) is 74.6 cm³/mol. The molecule has 18 heavy (non-hydrogen) atoms. The zero-order valence-electron chi connectivity index (χ0n) is 11.9. The summed E-state index contributed by atoms with van der Waals surface area (Å²) in [5.41, 5.74) is 0. The van der Waals surface area contributed by atoms with E-state index in [1.165, 1.54) is 25.9 Å². The molecule has 1 fully saturated rings. The maximum Gasteiger partial charge on any atom is 0.118 e. The third-order valence-electron chi connectivity index (χ3n) is 3.82. The van der Waals surface area contributed by atoms with E-state index in [0.29, 0.717) is 6.04 Å². The monoisotopic (exact) mass is 250 g/mol. The lowest BCUT2D eigenvalue weighted by Crippen LogP contribution is -2.48. The number of piperidine rings is 1. The van der Waals surface area contributed by atoms with Crippen LogP contribution in [0.25, 0.3) is 0 Å². The molecule has 1 aromatic rings. The Morgan fingerprint density at radius 3 is 2.89 bits per heavy atom. The lowest BCUT2D eigenvalue weighted by molar-refractivity contribution is 0.133. The summed E-state index contributed by atoms with van der Waals surface area (Å²) < 4.78 is 5.66. The fraction of sp³-hybridized carbons (Fsp3) is 0.733. The molecule has 1 aromatic heterocycles. The van der Waals surface area contributed by atoms with Gasteiger partial charge in [-0.25, -0.2) is 0 Å². The van der Waals surface area contributed by atoms with Gasteiger partial charge in [0.15, 0.2) is 0 Å². The molecule has 102 valence electrons. The number of aryl methyl sites for hydroxylation is 1. The van der Waals surface area contributed by atoms with Gasteiger partial charge < -0.3 is 9.73 Å². The van der Waals surface area contributed by atoms with Gasteiger partial charge in [-0.05, 0) is 44.4 Å². The first kappa shape index (κ1) is 13.6. The van der Waals surface area contributed by atoms with Crippen LogP contribution in [-0.4, -0.2) is 30.6 Å². The van der Waals surface area contributed by atoms with Crippen LogP contribution in [-0.2, 0) is 6.54 Å². The first-order valence-corrected chi connectivity index (χ1v) is 7.20. The van der Waals surface area contributed by atoms with Crippen LogP contribution in [0.1, 0.15) is 38.2 Å². The minimum atomic E-state index is 0.694. The summed E-state index contributed by atoms with van der Waals surface area (Å²) in [6, 6.07) is 4.84. The third kappa shape index (κ3) is 3.59. The molecule has 3 nitrogen and oxygen atoms in total. The van der Waals surface area contributed by atoms with Crippen molar-refractivity contribution in [1.82, 2.24) is 10.2 Å². The minimum absolute atomic E-state index is 0.694. The largest absolute Gasteiger partial charge is 0.465 e. The van der Waals surface area contributed by atoms with Crippen molar-refractivity contribution in [2.24, 2.45) is 5.92 Å². The van der Waals surface area contributed by atoms with Gasteiger partial charge in [0.25, 0.3) is 0 Å². The molecule has 0 spiro atoms. The molecule has 3 heteroatoms. The van der Waals surface area contributed by atoms with Gasteiger partial charge in [-0.1, -0.05) is 13.8 Å². The van der Waals surface area contributed by atoms with Crippen molar-refractivity contribution in [3.8, 4) is 0 Å². The van der Waals surface area contributed by atoms with E-state index in [9.17, 15) is 0 Å². The Morgan fingerprint density at radius 2 is 2.28 bits per heavy atom. The van der Waals surface area contributed by atoms with E-state index in [1.807, 2.05) is 13.0 Å². The maximum atomic E-state index is 5.66. The molecule has 2 atom stereocenters. The van der Waals surface area contributed by atoms with Gasteiger partial charge in [0.05, 0.1) is 6.54 Å². The first-order chi connectivity index (χ1) is 8.69. The molecule has 0 bridgehead atoms. The highest BCUT2D eigenvalue weighted by atomic mass is 16.3. The number of likely N-dealkylation sites (tertiary alicyclic amines) is 1. The SMILES string of the molecule is CCCNC1CCN(Cc2ccc(C)o2)CC1C. The summed E-state index contributed by atoms with van der Waals surface area (Å²) in [5.74, 6) is 2.83. The van der Waals surface area contributed by atoms with E-state index >= 15 is 0 Å². The van der Waals surface area contributed by atoms with E-state index in [1.54, 1.807) is 0 Å². The van der Waals surface area contributed by atoms with Crippen molar-refractivity contribution in [1.29, 1.82) is 0 Å². The molecule has 0 aliphatic carbocycles. The molecule has 0 saturated carbocycles. The van der Waals surface area contributed by atoms with Gasteiger partial charge in [-0.3, -0.25) is 4.90 Å². The van der Waals surface area contributed by atoms with E-state index in [4.69, 9.17) is 4.42 Å². The van der Waals surface area contributed by atoms with Gasteiger partial charge in [-0.15, -0.1) is 0 Å². The molecule has 0 radical (unpaired) electrons. The number of nitrogens with one attached hydrogen (secondary N) is 1. The third-order valence-corrected chi connectivity index (χ3v) is 3.82. The van der Waals surface area contributed by atoms with Gasteiger partial charge >= 0.3 is 0 Å². The zero-order chi connectivity index (χ0) is 13.0. The smallest absolute Gasteiger partial charge is 0.118 e. The molecule has 1 aliphatic heterocycles. The number of rotatable bonds is 5. The fourth-order valence-corrected chi connectivity index (χ4v) is 2.80. The van der Waals surface area contributed by atoms with Crippen molar-refractivity contribution in [2.45, 2.75) is 46.2 Å². The lowest BCUT2D eigenvalue weighted by atomic mass is 9.93. The number of furan rings is 1. The second-order valence-electron chi connectivity index (χ2n) is 5.57. The Kier molecular flexibility index (Phi) is 4.84. The number of hydrogen-bond acceptors (Lipinski definition) is 3. The molecule has 0 amide bonds. The Morgan fingerprint density at radius 1 is 1.44 bits per heavy atom. The normalized spacial score (nSPS) is 25.5. The summed E-state index contributed by atoms with van der Waals surface area (Å²) in [6.07, 6.45) is 2.47. The summed E-state index contributed by atoms with van der Waals surface area (Å²) in [6.45, 7) is 11.0. The molecule has 2 unspecified atom stereocenters. The van der Waals surface area contributed by atoms with Crippen LogP contribution in [0.2, 0.25) is 0 Å². The van der Waals surface area contributed by atoms with E-state index in [-0.39, 0.29) is 0 Å². The molecule has 0 aromatic carbocycles. The van der Waals surface area contributed by atoms with Crippen LogP contribution >= 0.6 is 0 Å². The topological polar surface area (TPSA) is 28.4 Å². The van der Waals surface area contributed by atoms with Crippen LogP contribution < -0.4 is 5.32 Å². The Labute approximate surface area is 111 Å². The highest BCUT2D eigenvalue weighted by Gasteiger charge is 2.25. The lowest BCUT2D eigenvalue weighted by Gasteiger charge is -2.37. The van der Waals surface area contributed by atoms with Crippen LogP contribution in [0.4, 0.5) is 0 Å². The van der Waals surface area contributed by atoms with E-state index in [2.05, 4.69) is 30.1 Å². The Balaban J connectivity index is 1.80. The van der Waals surface area contributed by atoms with Crippen LogP contribution in [0.15, 0.2) is 16.5 Å². The van der Waals surface area contributed by atoms with Gasteiger partial charge in [0.1, 0.15) is 11.5 Å². The van der Waals surface area contributed by atoms with E-state index in [0.717, 1.165) is 30.5 Å². The molecule has 2 heterocycles. The highest BCUT2D eigenvalue weighted by Crippen LogP contribution is 2.19. The maximum absolute atomic E-state index is 5.66. The second-order valence-corrected chi connectivity index (χ2v) is 5.57. The molecule has 1 aliphatic rings. The summed E-state index contributed by atoms with van der Waals surface area (Å²) >= 11 is 0. The van der Waals surface area contributed by atoms with Crippen molar-refractivity contribution < 1.29 is 4.42 Å². The minimum Gasteiger partial charge on any atom is -0.465 e. The molecule has 2 rings (SSSR count). The number of hydrogen-bond donors (Lipinski definition) is 1. The molecule has 1 saturated heterocycles. The number of nitrogens with zero attached hydrogens (tertiary/aromatic N) is 1. The fourth-order valence-electron chi connectivity index (χ4n) is 2.80. The van der Waals surface area contributed by atoms with Crippen molar-refractivity contribution in [3.05, 3.63) is 23.7 Å². The van der Waals surface area contributed by atoms with Gasteiger partial charge in [-0.2, -0.15) is 0 Å². The summed E-state index contributed by atoms with van der Waals surface area (Å²) in [4.78, 5) is 2.51. The van der Waals surface area contributed by atoms with Gasteiger partial charge in [0, 0.05) is 19.1 Å². The summed E-state index contributed by atoms with van der Waals surface area (Å²) in [7, 11) is 0. The van der Waals surface area contributed by atoms with Crippen LogP contribution in [0.3, 0.4) is 0 Å². The van der Waals surface area contributed by atoms with Crippen molar-refractivity contribution in [3.63, 3.8) is 0 Å². The molecular formula is C15H26N2O. The highest BCUT2D eigenvalue weighted by molar-refractivity contribution is 5.05. The first-order valence-electron chi connectivity index (χ1n) is 7.20. The average molecular weight is 250 g/mol. The standard InChI is InChI=1S/C15H26N2O/c1-4-8-16-15-7-9-17(10-12(15)2)11-14-6-5-13(3)18-14/h5-6,12,15-16H,4,7-11H2,1-3H3. The van der Waals surface area contributed by atoms with Crippen molar-refractivity contribution >= 4 is 0 Å². The second kappa shape index (κ2) is 6.39. The van der Waals surface area contributed by atoms with Crippen LogP contribution in [0.5, 0.6) is 0 Å². The predicted octanol–water partition coefficient (Wildman–Crippen LogP) is 2.80. The van der Waals surface area contributed by atoms with Crippen LogP contribution in [0, 0.1) is 12.8 Å². The average Bonchev–Trinajstić information content (AvgIpc) is 2.74. The quantitative estimate of drug-likeness (QED) is 0.871. The Hall–Kier alpha value is -0.800. The van der Waals surface area contributed by atoms with Gasteiger partial charge in [0.2, 0.25) is 0 Å². The van der Waals surface area contributed by atoms with Crippen molar-refractivity contribution in [2.75, 3.05) is 19.6 Å². The zero-order valence-corrected chi connectivity index (χ0v) is 11.9. The molecule has 1 N–H and O–H groups in total. The summed E-state index contributed by atoms with van der Waals surface area (Å²) in [5, 5.41) is 3.66. The molecular weight excluding hydrogens is 224 g/mol.